The number of para-hydroxylation sites is 3. The predicted octanol–water partition coefficient (Wildman–Crippen LogP) is 12.5. The molecule has 656 valence electrons. The molecule has 4 heterocycles. The van der Waals surface area contributed by atoms with E-state index in [2.05, 4.69) is 59.4 Å². The van der Waals surface area contributed by atoms with Crippen LogP contribution in [-0.2, 0) is 79.8 Å². The topological polar surface area (TPSA) is 373 Å². The molecule has 0 saturated carbocycles. The van der Waals surface area contributed by atoms with Crippen LogP contribution < -0.4 is 43.2 Å². The van der Waals surface area contributed by atoms with Crippen molar-refractivity contribution in [1.82, 2.24) is 13.5 Å². The Morgan fingerprint density at radius 2 is 0.733 bits per heavy atom. The maximum atomic E-state index is 13.0. The van der Waals surface area contributed by atoms with E-state index in [1.54, 1.807) is 91.1 Å². The van der Waals surface area contributed by atoms with E-state index in [0.29, 0.717) is 40.3 Å². The average Bonchev–Trinajstić information content (AvgIpc) is 0.788. The SMILES string of the molecule is CC(C)(C)S(=O)(=O)c1ccc(S(=O)(=O)Nc2cccc(N3CCCCC3)c2)cc1.CC1CCN(c2c(O)cccc2NS(=O)(=O)c2ccc(S(=O)(=O)N(C)C)cc2)CC1.CN1CCN(c2ccccc2NS(=O)(=O)c2ccc(S(=O)(=O)C(C)(C)C)cc2)CC1.COc1ccc(NS(=O)(=O)c2ccc(S(=O)(=O)N(C)C)cc2)c(N2CCC(C)CC2)c1. The molecule has 37 heteroatoms. The molecule has 4 fully saturated rings. The Balaban J connectivity index is 0.000000182. The highest BCUT2D eigenvalue weighted by atomic mass is 32.2. The lowest BCUT2D eigenvalue weighted by Crippen LogP contribution is -2.44. The number of anilines is 8. The van der Waals surface area contributed by atoms with E-state index in [1.165, 1.54) is 138 Å². The van der Waals surface area contributed by atoms with Crippen molar-refractivity contribution >= 4 is 125 Å². The quantitative estimate of drug-likeness (QED) is 0.0397. The summed E-state index contributed by atoms with van der Waals surface area (Å²) in [6.45, 7) is 22.6. The van der Waals surface area contributed by atoms with Crippen LogP contribution >= 0.6 is 0 Å². The third kappa shape index (κ3) is 23.5. The van der Waals surface area contributed by atoms with Crippen LogP contribution in [0.4, 0.5) is 45.5 Å². The molecule has 8 aromatic carbocycles. The monoisotopic (exact) mass is 1810 g/mol. The molecule has 5 N–H and O–H groups in total. The van der Waals surface area contributed by atoms with Gasteiger partial charge in [0.05, 0.1) is 89.9 Å². The lowest BCUT2D eigenvalue weighted by Gasteiger charge is -2.35. The first kappa shape index (κ1) is 95.1. The van der Waals surface area contributed by atoms with Crippen molar-refractivity contribution in [3.05, 3.63) is 182 Å². The zero-order chi connectivity index (χ0) is 88.4. The summed E-state index contributed by atoms with van der Waals surface area (Å²) in [7, 11) is -20.6. The number of nitrogens with zero attached hydrogens (tertiary/aromatic N) is 7. The molecular weight excluding hydrogens is 1700 g/mol. The second-order valence-electron chi connectivity index (χ2n) is 32.4. The molecule has 0 unspecified atom stereocenters. The minimum absolute atomic E-state index is 0.00642. The molecule has 8 aromatic rings. The number of methoxy groups -OCH3 is 1. The summed E-state index contributed by atoms with van der Waals surface area (Å²) in [4.78, 5) is 11.0. The number of piperazine rings is 1. The van der Waals surface area contributed by atoms with Crippen molar-refractivity contribution in [1.29, 1.82) is 0 Å². The summed E-state index contributed by atoms with van der Waals surface area (Å²) >= 11 is 0. The fourth-order valence-corrected chi connectivity index (χ4v) is 21.8. The van der Waals surface area contributed by atoms with E-state index in [9.17, 15) is 72.4 Å². The first-order chi connectivity index (χ1) is 56.0. The zero-order valence-corrected chi connectivity index (χ0v) is 76.8. The molecule has 0 atom stereocenters. The molecule has 0 aliphatic carbocycles. The summed E-state index contributed by atoms with van der Waals surface area (Å²) in [5.74, 6) is 1.88. The van der Waals surface area contributed by atoms with E-state index in [1.807, 2.05) is 41.3 Å². The number of benzene rings is 8. The Labute approximate surface area is 711 Å². The van der Waals surface area contributed by atoms with Gasteiger partial charge in [-0.1, -0.05) is 38.1 Å². The van der Waals surface area contributed by atoms with Crippen molar-refractivity contribution < 1.29 is 77.2 Å². The van der Waals surface area contributed by atoms with E-state index in [4.69, 9.17) is 4.74 Å². The Hall–Kier alpha value is -8.76. The van der Waals surface area contributed by atoms with Gasteiger partial charge in [-0.2, -0.15) is 0 Å². The molecule has 4 saturated heterocycles. The Kier molecular flexibility index (Phi) is 30.7. The number of sulfonamides is 6. The first-order valence-corrected chi connectivity index (χ1v) is 51.0. The number of ether oxygens (including phenoxy) is 1. The number of likely N-dealkylation sites (N-methyl/N-ethyl adjacent to an activating group) is 1. The minimum Gasteiger partial charge on any atom is -0.506 e. The van der Waals surface area contributed by atoms with Gasteiger partial charge in [0.15, 0.2) is 19.7 Å². The van der Waals surface area contributed by atoms with Gasteiger partial charge in [-0.15, -0.1) is 0 Å². The number of sulfone groups is 2. The highest BCUT2D eigenvalue weighted by Crippen LogP contribution is 2.41. The van der Waals surface area contributed by atoms with Crippen LogP contribution in [0.2, 0.25) is 0 Å². The smallest absolute Gasteiger partial charge is 0.261 e. The lowest BCUT2D eigenvalue weighted by atomic mass is 9.98. The predicted molar refractivity (Wildman–Crippen MR) is 476 cm³/mol. The number of hydrogen-bond acceptors (Lipinski definition) is 23. The third-order valence-electron chi connectivity index (χ3n) is 21.1. The summed E-state index contributed by atoms with van der Waals surface area (Å²) in [5.41, 5.74) is 4.79. The highest BCUT2D eigenvalue weighted by molar-refractivity contribution is 7.94. The molecule has 4 aliphatic rings. The fourth-order valence-electron chi connectivity index (χ4n) is 13.3. The number of nitrogens with one attached hydrogen (secondary N) is 4. The molecule has 0 aromatic heterocycles. The van der Waals surface area contributed by atoms with E-state index in [0.717, 1.165) is 130 Å². The van der Waals surface area contributed by atoms with Gasteiger partial charge < -0.3 is 34.3 Å². The van der Waals surface area contributed by atoms with Crippen LogP contribution in [-0.4, -0.2) is 203 Å². The van der Waals surface area contributed by atoms with Crippen LogP contribution in [0.1, 0.15) is 100 Å². The Bertz CT molecular complexity index is 5830. The van der Waals surface area contributed by atoms with Crippen LogP contribution in [0.3, 0.4) is 0 Å². The van der Waals surface area contributed by atoms with Gasteiger partial charge in [0.1, 0.15) is 17.2 Å². The van der Waals surface area contributed by atoms with Crippen molar-refractivity contribution in [2.24, 2.45) is 11.8 Å². The van der Waals surface area contributed by atoms with E-state index < -0.39 is 89.3 Å². The summed E-state index contributed by atoms with van der Waals surface area (Å²) in [6, 6.07) is 45.6. The van der Waals surface area contributed by atoms with Gasteiger partial charge in [-0.3, -0.25) is 18.9 Å². The lowest BCUT2D eigenvalue weighted by molar-refractivity contribution is 0.313. The second-order valence-corrected chi connectivity index (χ2v) is 48.9. The largest absolute Gasteiger partial charge is 0.506 e. The summed E-state index contributed by atoms with van der Waals surface area (Å²) in [5, 5.41) is 10.4. The number of aromatic hydroxyl groups is 1. The molecule has 4 aliphatic heterocycles. The van der Waals surface area contributed by atoms with Crippen LogP contribution in [0.25, 0.3) is 0 Å². The van der Waals surface area contributed by atoms with Crippen molar-refractivity contribution in [2.75, 3.05) is 146 Å². The standard InChI is InChI=1S/C21H29N3O5S2.C21H29N3O4S2.C21H28N2O4S2.C20H27N3O5S2/c1-16-11-13-24(14-12-16)21-15-17(29-4)5-10-20(21)22-30(25,26)18-6-8-19(9-7-18)31(27,28)23(2)3;1-21(2,3)29(25,26)17-9-11-18(12-10-17)30(27,28)22-19-7-5-6-8-20(19)24-15-13-23(4)14-16-24;1-21(2,3)28(24,25)19-10-12-20(13-11-19)29(26,27)22-17-8-7-9-18(16-17)23-14-5-4-6-15-23;1-15-11-13-23(14-12-15)20-18(5-4-6-19(20)24)21-29(25,26)16-7-9-17(10-8-16)30(27,28)22(2)3/h5-10,15-16,22H,11-14H2,1-4H3;5-12,22H,13-16H2,1-4H3;7-13,16,22H,4-6,14-15H2,1-3H3;4-10,15,21,24H,11-14H2,1-3H3. The number of phenolic OH excluding ortho intramolecular Hbond substituents is 1. The van der Waals surface area contributed by atoms with Gasteiger partial charge in [-0.25, -0.2) is 76.0 Å². The van der Waals surface area contributed by atoms with Crippen molar-refractivity contribution in [3.63, 3.8) is 0 Å². The molecule has 0 amide bonds. The van der Waals surface area contributed by atoms with Gasteiger partial charge in [0.25, 0.3) is 40.1 Å². The number of piperidine rings is 3. The summed E-state index contributed by atoms with van der Waals surface area (Å²) in [6.07, 6.45) is 7.49. The molecule has 0 radical (unpaired) electrons. The maximum Gasteiger partial charge on any atom is 0.261 e. The molecule has 120 heavy (non-hydrogen) atoms. The summed E-state index contributed by atoms with van der Waals surface area (Å²) < 4.78 is 218. The van der Waals surface area contributed by atoms with Crippen molar-refractivity contribution in [2.45, 2.75) is 149 Å². The highest BCUT2D eigenvalue weighted by Gasteiger charge is 2.34. The van der Waals surface area contributed by atoms with E-state index >= 15 is 0 Å². The molecule has 0 bridgehead atoms. The third-order valence-corrected chi connectivity index (χ3v) is 35.3. The van der Waals surface area contributed by atoms with Crippen LogP contribution in [0, 0.1) is 11.8 Å². The van der Waals surface area contributed by atoms with Gasteiger partial charge in [0.2, 0.25) is 20.0 Å². The molecule has 12 rings (SSSR count). The molecular formula is C83H113N11O18S8. The Morgan fingerprint density at radius 1 is 0.367 bits per heavy atom. The molecule has 29 nitrogen and oxygen atoms in total. The van der Waals surface area contributed by atoms with Crippen molar-refractivity contribution in [3.8, 4) is 11.5 Å². The number of hydrogen-bond donors (Lipinski definition) is 5. The van der Waals surface area contributed by atoms with Gasteiger partial charge in [-0.05, 0) is 257 Å². The number of phenols is 1. The minimum atomic E-state index is -3.98. The van der Waals surface area contributed by atoms with Crippen LogP contribution in [0.15, 0.2) is 221 Å². The zero-order valence-electron chi connectivity index (χ0n) is 70.3. The number of rotatable bonds is 23. The fraction of sp³-hybridized carbons (Fsp3) is 0.422. The second kappa shape index (κ2) is 38.8. The molecule has 0 spiro atoms. The van der Waals surface area contributed by atoms with Crippen LogP contribution in [0.5, 0.6) is 11.5 Å². The van der Waals surface area contributed by atoms with Gasteiger partial charge in [0, 0.05) is 105 Å². The van der Waals surface area contributed by atoms with Gasteiger partial charge >= 0.3 is 0 Å². The Morgan fingerprint density at radius 3 is 1.16 bits per heavy atom. The van der Waals surface area contributed by atoms with E-state index in [-0.39, 0.29) is 50.6 Å². The average molecular weight is 1810 g/mol. The first-order valence-electron chi connectivity index (χ1n) is 39.2. The maximum absolute atomic E-state index is 13.0. The normalized spacial score (nSPS) is 16.1.